The van der Waals surface area contributed by atoms with E-state index in [0.717, 1.165) is 18.4 Å². The summed E-state index contributed by atoms with van der Waals surface area (Å²) >= 11 is 0. The normalized spacial score (nSPS) is 15.6. The topological polar surface area (TPSA) is 60.9 Å². The molecule has 24 heavy (non-hydrogen) atoms. The van der Waals surface area contributed by atoms with Gasteiger partial charge in [-0.1, -0.05) is 18.2 Å². The molecule has 1 aliphatic rings. The number of halogens is 1. The van der Waals surface area contributed by atoms with E-state index in [4.69, 9.17) is 5.73 Å². The average molecular weight is 321 g/mol. The van der Waals surface area contributed by atoms with E-state index in [0.29, 0.717) is 34.5 Å². The van der Waals surface area contributed by atoms with Gasteiger partial charge in [0.25, 0.3) is 5.56 Å². The second-order valence-electron chi connectivity index (χ2n) is 5.96. The van der Waals surface area contributed by atoms with Crippen LogP contribution in [0, 0.1) is 5.82 Å². The van der Waals surface area contributed by atoms with E-state index < -0.39 is 0 Å². The summed E-state index contributed by atoms with van der Waals surface area (Å²) in [6.45, 7) is 0.621. The summed E-state index contributed by atoms with van der Waals surface area (Å²) in [5.41, 5.74) is 8.25. The van der Waals surface area contributed by atoms with Crippen LogP contribution in [0.15, 0.2) is 47.3 Å². The fourth-order valence-electron chi connectivity index (χ4n) is 3.15. The standard InChI is InChI=1S/C19H16FN3O/c20-16-6-2-1-4-12(16)10-13-5-3-9-23-18(13)22-17-11-14(21)7-8-15(17)19(23)24/h1-2,4,6-8,10-11H,3,5,9,21H2/b13-10+. The Balaban J connectivity index is 1.96. The Morgan fingerprint density at radius 2 is 2.04 bits per heavy atom. The van der Waals surface area contributed by atoms with Crippen LogP contribution < -0.4 is 11.3 Å². The highest BCUT2D eigenvalue weighted by Gasteiger charge is 2.19. The third-order valence-corrected chi connectivity index (χ3v) is 4.33. The molecule has 0 fully saturated rings. The van der Waals surface area contributed by atoms with Gasteiger partial charge in [0.15, 0.2) is 0 Å². The van der Waals surface area contributed by atoms with Crippen LogP contribution in [0.5, 0.6) is 0 Å². The second kappa shape index (κ2) is 5.60. The van der Waals surface area contributed by atoms with E-state index >= 15 is 0 Å². The lowest BCUT2D eigenvalue weighted by atomic mass is 10.0. The number of hydrogen-bond acceptors (Lipinski definition) is 3. The fraction of sp³-hybridized carbons (Fsp3) is 0.158. The molecule has 0 atom stereocenters. The Morgan fingerprint density at radius 3 is 2.88 bits per heavy atom. The molecule has 0 amide bonds. The number of hydrogen-bond donors (Lipinski definition) is 1. The number of allylic oxidation sites excluding steroid dienone is 1. The lowest BCUT2D eigenvalue weighted by Crippen LogP contribution is -2.27. The zero-order chi connectivity index (χ0) is 16.7. The molecule has 0 aliphatic carbocycles. The lowest BCUT2D eigenvalue weighted by Gasteiger charge is -2.21. The molecule has 3 aromatic rings. The molecule has 1 aliphatic heterocycles. The van der Waals surface area contributed by atoms with Crippen LogP contribution in [-0.4, -0.2) is 9.55 Å². The van der Waals surface area contributed by atoms with Crippen LogP contribution in [0.2, 0.25) is 0 Å². The molecule has 1 aromatic heterocycles. The van der Waals surface area contributed by atoms with Gasteiger partial charge in [-0.05, 0) is 48.8 Å². The molecule has 120 valence electrons. The summed E-state index contributed by atoms with van der Waals surface area (Å²) in [6.07, 6.45) is 3.37. The minimum Gasteiger partial charge on any atom is -0.399 e. The second-order valence-corrected chi connectivity index (χ2v) is 5.96. The maximum Gasteiger partial charge on any atom is 0.261 e. The lowest BCUT2D eigenvalue weighted by molar-refractivity contribution is 0.587. The van der Waals surface area contributed by atoms with Gasteiger partial charge in [-0.3, -0.25) is 9.36 Å². The minimum atomic E-state index is -0.283. The number of benzene rings is 2. The number of nitrogen functional groups attached to an aromatic ring is 1. The molecule has 0 saturated carbocycles. The number of aromatic nitrogens is 2. The zero-order valence-corrected chi connectivity index (χ0v) is 13.0. The van der Waals surface area contributed by atoms with E-state index in [2.05, 4.69) is 4.98 Å². The molecule has 2 heterocycles. The molecule has 4 rings (SSSR count). The third-order valence-electron chi connectivity index (χ3n) is 4.33. The minimum absolute atomic E-state index is 0.0749. The summed E-state index contributed by atoms with van der Waals surface area (Å²) in [5.74, 6) is 0.321. The van der Waals surface area contributed by atoms with Crippen molar-refractivity contribution in [2.75, 3.05) is 5.73 Å². The Morgan fingerprint density at radius 1 is 1.21 bits per heavy atom. The Bertz CT molecular complexity index is 1040. The summed E-state index contributed by atoms with van der Waals surface area (Å²) in [4.78, 5) is 17.4. The van der Waals surface area contributed by atoms with Crippen molar-refractivity contribution in [2.24, 2.45) is 0 Å². The predicted molar refractivity (Wildman–Crippen MR) is 93.9 cm³/mol. The molecule has 0 saturated heterocycles. The molecular formula is C19H16FN3O. The Kier molecular flexibility index (Phi) is 3.41. The van der Waals surface area contributed by atoms with Crippen molar-refractivity contribution < 1.29 is 4.39 Å². The Hall–Kier alpha value is -2.95. The highest BCUT2D eigenvalue weighted by molar-refractivity contribution is 5.85. The number of rotatable bonds is 1. The van der Waals surface area contributed by atoms with E-state index in [1.807, 2.05) is 0 Å². The van der Waals surface area contributed by atoms with Crippen molar-refractivity contribution >= 4 is 28.2 Å². The molecular weight excluding hydrogens is 305 g/mol. The smallest absolute Gasteiger partial charge is 0.261 e. The first kappa shape index (κ1) is 14.6. The van der Waals surface area contributed by atoms with Crippen molar-refractivity contribution in [3.05, 3.63) is 70.0 Å². The largest absolute Gasteiger partial charge is 0.399 e. The van der Waals surface area contributed by atoms with Gasteiger partial charge in [0.2, 0.25) is 0 Å². The number of anilines is 1. The SMILES string of the molecule is Nc1ccc2c(=O)n3c(nc2c1)/C(=C/c1ccccc1F)CCC3. The molecule has 0 spiro atoms. The van der Waals surface area contributed by atoms with E-state index in [9.17, 15) is 9.18 Å². The average Bonchev–Trinajstić information content (AvgIpc) is 2.57. The highest BCUT2D eigenvalue weighted by Crippen LogP contribution is 2.28. The first-order valence-electron chi connectivity index (χ1n) is 7.89. The molecule has 2 aromatic carbocycles. The maximum absolute atomic E-state index is 14.0. The molecule has 0 bridgehead atoms. The molecule has 0 unspecified atom stereocenters. The molecule has 2 N–H and O–H groups in total. The van der Waals surface area contributed by atoms with Crippen LogP contribution in [-0.2, 0) is 6.54 Å². The summed E-state index contributed by atoms with van der Waals surface area (Å²) in [5, 5.41) is 0.556. The van der Waals surface area contributed by atoms with Crippen LogP contribution in [0.4, 0.5) is 10.1 Å². The summed E-state index contributed by atoms with van der Waals surface area (Å²) in [7, 11) is 0. The highest BCUT2D eigenvalue weighted by atomic mass is 19.1. The summed E-state index contributed by atoms with van der Waals surface area (Å²) in [6, 6.07) is 11.7. The van der Waals surface area contributed by atoms with Crippen LogP contribution >= 0.6 is 0 Å². The van der Waals surface area contributed by atoms with E-state index in [1.165, 1.54) is 6.07 Å². The number of fused-ring (bicyclic) bond motifs is 2. The van der Waals surface area contributed by atoms with Gasteiger partial charge in [-0.2, -0.15) is 0 Å². The fourth-order valence-corrected chi connectivity index (χ4v) is 3.15. The van der Waals surface area contributed by atoms with Gasteiger partial charge in [0.1, 0.15) is 11.6 Å². The maximum atomic E-state index is 14.0. The number of nitrogens with zero attached hydrogens (tertiary/aromatic N) is 2. The monoisotopic (exact) mass is 321 g/mol. The van der Waals surface area contributed by atoms with E-state index in [-0.39, 0.29) is 11.4 Å². The van der Waals surface area contributed by atoms with Gasteiger partial charge in [0.05, 0.1) is 10.9 Å². The van der Waals surface area contributed by atoms with E-state index in [1.54, 1.807) is 47.0 Å². The van der Waals surface area contributed by atoms with Crippen LogP contribution in [0.1, 0.15) is 24.2 Å². The first-order valence-corrected chi connectivity index (χ1v) is 7.89. The van der Waals surface area contributed by atoms with Gasteiger partial charge in [-0.25, -0.2) is 9.37 Å². The summed E-state index contributed by atoms with van der Waals surface area (Å²) < 4.78 is 15.6. The van der Waals surface area contributed by atoms with Crippen molar-refractivity contribution in [3.8, 4) is 0 Å². The molecule has 4 nitrogen and oxygen atoms in total. The predicted octanol–water partition coefficient (Wildman–Crippen LogP) is 3.45. The first-order chi connectivity index (χ1) is 11.6. The van der Waals surface area contributed by atoms with Crippen molar-refractivity contribution in [1.82, 2.24) is 9.55 Å². The quantitative estimate of drug-likeness (QED) is 0.698. The van der Waals surface area contributed by atoms with Crippen molar-refractivity contribution in [3.63, 3.8) is 0 Å². The molecule has 5 heteroatoms. The van der Waals surface area contributed by atoms with Gasteiger partial charge >= 0.3 is 0 Å². The van der Waals surface area contributed by atoms with Gasteiger partial charge in [-0.15, -0.1) is 0 Å². The van der Waals surface area contributed by atoms with Crippen molar-refractivity contribution in [2.45, 2.75) is 19.4 Å². The zero-order valence-electron chi connectivity index (χ0n) is 13.0. The van der Waals surface area contributed by atoms with Crippen LogP contribution in [0.25, 0.3) is 22.6 Å². The molecule has 0 radical (unpaired) electrons. The Labute approximate surface area is 138 Å². The van der Waals surface area contributed by atoms with Gasteiger partial charge < -0.3 is 5.73 Å². The van der Waals surface area contributed by atoms with Gasteiger partial charge in [0, 0.05) is 17.8 Å². The van der Waals surface area contributed by atoms with Crippen LogP contribution in [0.3, 0.4) is 0 Å². The number of nitrogens with two attached hydrogens (primary N) is 1. The van der Waals surface area contributed by atoms with Crippen molar-refractivity contribution in [1.29, 1.82) is 0 Å². The third kappa shape index (κ3) is 2.38.